The number of hydrogen-bond acceptors (Lipinski definition) is 5. The summed E-state index contributed by atoms with van der Waals surface area (Å²) in [6.45, 7) is 6.20. The van der Waals surface area contributed by atoms with Gasteiger partial charge in [-0.05, 0) is 38.5 Å². The van der Waals surface area contributed by atoms with Crippen LogP contribution in [-0.2, 0) is 14.3 Å². The molecule has 3 unspecified atom stereocenters. The summed E-state index contributed by atoms with van der Waals surface area (Å²) < 4.78 is 5.83. The third-order valence-electron chi connectivity index (χ3n) is 11.3. The lowest BCUT2D eigenvalue weighted by Crippen LogP contribution is -2.46. The predicted octanol–water partition coefficient (Wildman–Crippen LogP) is 16.1. The van der Waals surface area contributed by atoms with Crippen LogP contribution in [0.15, 0.2) is 122 Å². The minimum atomic E-state index is -0.831. The Kier molecular flexibility index (Phi) is 48.3. The molecule has 65 heavy (non-hydrogen) atoms. The molecular weight excluding hydrogens is 803 g/mol. The van der Waals surface area contributed by atoms with Crippen molar-refractivity contribution in [3.05, 3.63) is 122 Å². The summed E-state index contributed by atoms with van der Waals surface area (Å²) in [5.41, 5.74) is 0. The van der Waals surface area contributed by atoms with Crippen LogP contribution >= 0.6 is 0 Å². The van der Waals surface area contributed by atoms with E-state index in [1.165, 1.54) is 96.3 Å². The van der Waals surface area contributed by atoms with E-state index in [2.05, 4.69) is 62.5 Å². The Labute approximate surface area is 400 Å². The van der Waals surface area contributed by atoms with Crippen LogP contribution in [0.2, 0.25) is 0 Å². The molecule has 0 aliphatic carbocycles. The van der Waals surface area contributed by atoms with Gasteiger partial charge in [0.1, 0.15) is 6.10 Å². The molecule has 368 valence electrons. The SMILES string of the molecule is CC/C=C/C=C/C=C\C=C/C=C/CC(CC(=O)NC(CO)C(O)CCCCCCCCCCCCCCCCCCC)OC(=O)CCCCCCC/C=C/C=C/C=C/C=C/C=C/CCC. The van der Waals surface area contributed by atoms with Crippen molar-refractivity contribution in [1.82, 2.24) is 5.32 Å². The quantitative estimate of drug-likeness (QED) is 0.0321. The van der Waals surface area contributed by atoms with E-state index >= 15 is 0 Å². The van der Waals surface area contributed by atoms with Gasteiger partial charge < -0.3 is 20.3 Å². The minimum Gasteiger partial charge on any atom is -0.461 e. The molecule has 0 rings (SSSR count). The molecule has 0 aliphatic rings. The Morgan fingerprint density at radius 1 is 0.477 bits per heavy atom. The summed E-state index contributed by atoms with van der Waals surface area (Å²) >= 11 is 0. The largest absolute Gasteiger partial charge is 0.461 e. The van der Waals surface area contributed by atoms with Crippen molar-refractivity contribution in [2.24, 2.45) is 0 Å². The highest BCUT2D eigenvalue weighted by Gasteiger charge is 2.23. The zero-order valence-electron chi connectivity index (χ0n) is 41.8. The molecule has 0 radical (unpaired) electrons. The van der Waals surface area contributed by atoms with Gasteiger partial charge in [0.15, 0.2) is 0 Å². The number of rotatable bonds is 45. The summed E-state index contributed by atoms with van der Waals surface area (Å²) in [7, 11) is 0. The average molecular weight is 900 g/mol. The Morgan fingerprint density at radius 2 is 0.892 bits per heavy atom. The Hall–Kier alpha value is -3.74. The van der Waals surface area contributed by atoms with Gasteiger partial charge in [0, 0.05) is 12.8 Å². The molecule has 0 aromatic heterocycles. The molecule has 0 saturated carbocycles. The van der Waals surface area contributed by atoms with Crippen molar-refractivity contribution in [3.8, 4) is 0 Å². The van der Waals surface area contributed by atoms with E-state index in [9.17, 15) is 19.8 Å². The van der Waals surface area contributed by atoms with E-state index in [0.717, 1.165) is 70.6 Å². The number of aliphatic hydroxyl groups is 2. The fourth-order valence-corrected chi connectivity index (χ4v) is 7.30. The molecule has 1 amide bonds. The van der Waals surface area contributed by atoms with Crippen LogP contribution in [0.25, 0.3) is 0 Å². The van der Waals surface area contributed by atoms with Gasteiger partial charge in [0.25, 0.3) is 0 Å². The summed E-state index contributed by atoms with van der Waals surface area (Å²) in [6.07, 6.45) is 71.4. The monoisotopic (exact) mass is 900 g/mol. The van der Waals surface area contributed by atoms with Crippen LogP contribution in [0.3, 0.4) is 0 Å². The summed E-state index contributed by atoms with van der Waals surface area (Å²) in [5, 5.41) is 23.7. The van der Waals surface area contributed by atoms with Crippen molar-refractivity contribution >= 4 is 11.9 Å². The zero-order chi connectivity index (χ0) is 47.4. The van der Waals surface area contributed by atoms with Crippen LogP contribution in [0.4, 0.5) is 0 Å². The number of esters is 1. The average Bonchev–Trinajstić information content (AvgIpc) is 3.30. The highest BCUT2D eigenvalue weighted by molar-refractivity contribution is 5.77. The lowest BCUT2D eigenvalue weighted by molar-refractivity contribution is -0.150. The van der Waals surface area contributed by atoms with E-state index in [0.29, 0.717) is 19.3 Å². The molecule has 0 heterocycles. The number of nitrogens with one attached hydrogen (secondary N) is 1. The van der Waals surface area contributed by atoms with Crippen molar-refractivity contribution in [3.63, 3.8) is 0 Å². The molecule has 0 aromatic rings. The first-order valence-corrected chi connectivity index (χ1v) is 26.4. The van der Waals surface area contributed by atoms with Gasteiger partial charge in [-0.1, -0.05) is 277 Å². The molecule has 0 bridgehead atoms. The summed E-state index contributed by atoms with van der Waals surface area (Å²) in [4.78, 5) is 26.1. The first-order valence-electron chi connectivity index (χ1n) is 26.4. The normalized spacial score (nSPS) is 14.2. The van der Waals surface area contributed by atoms with E-state index in [1.54, 1.807) is 0 Å². The van der Waals surface area contributed by atoms with Gasteiger partial charge in [0.05, 0.1) is 25.2 Å². The summed E-state index contributed by atoms with van der Waals surface area (Å²) in [5.74, 6) is -0.647. The maximum Gasteiger partial charge on any atom is 0.306 e. The predicted molar refractivity (Wildman–Crippen MR) is 282 cm³/mol. The maximum atomic E-state index is 13.2. The molecule has 3 N–H and O–H groups in total. The molecule has 6 nitrogen and oxygen atoms in total. The number of hydrogen-bond donors (Lipinski definition) is 3. The number of amides is 1. The van der Waals surface area contributed by atoms with Crippen LogP contribution in [-0.4, -0.2) is 46.9 Å². The standard InChI is InChI=1S/C59H97NO5/c1-4-7-10-13-16-19-22-24-26-28-30-32-34-37-40-43-46-49-52-59(64)65-55(50-47-44-41-38-35-21-18-15-12-9-6-3)53-58(63)60-56(54-61)57(62)51-48-45-42-39-36-33-31-29-27-25-23-20-17-14-11-8-5-2/h9-10,12-13,15-16,18-19,21-22,24,26,28,30,32,35,38,41,44,47,55-57,61-62H,4-8,11,14,17,20,23,25,27,29,31,33-34,36-37,39-40,42-43,45-46,48-54H2,1-3H3,(H,60,63)/b12-9+,13-10+,18-15+,19-16+,24-22+,28-26+,32-30+,35-21-,41-38-,47-44+. The second kappa shape index (κ2) is 51.2. The van der Waals surface area contributed by atoms with Crippen molar-refractivity contribution < 1.29 is 24.5 Å². The molecule has 3 atom stereocenters. The lowest BCUT2D eigenvalue weighted by atomic mass is 10.0. The summed E-state index contributed by atoms with van der Waals surface area (Å²) in [6, 6.07) is -0.754. The first kappa shape index (κ1) is 61.3. The Morgan fingerprint density at radius 3 is 1.37 bits per heavy atom. The highest BCUT2D eigenvalue weighted by Crippen LogP contribution is 2.16. The van der Waals surface area contributed by atoms with Gasteiger partial charge in [-0.25, -0.2) is 0 Å². The van der Waals surface area contributed by atoms with Crippen molar-refractivity contribution in [1.29, 1.82) is 0 Å². The lowest BCUT2D eigenvalue weighted by Gasteiger charge is -2.24. The zero-order valence-corrected chi connectivity index (χ0v) is 41.8. The second-order valence-electron chi connectivity index (χ2n) is 17.4. The van der Waals surface area contributed by atoms with Gasteiger partial charge in [0.2, 0.25) is 5.91 Å². The fraction of sp³-hybridized carbons (Fsp3) is 0.627. The van der Waals surface area contributed by atoms with Gasteiger partial charge in [-0.3, -0.25) is 9.59 Å². The molecule has 0 spiro atoms. The molecule has 0 saturated heterocycles. The van der Waals surface area contributed by atoms with Gasteiger partial charge in [-0.2, -0.15) is 0 Å². The first-order chi connectivity index (χ1) is 32.0. The van der Waals surface area contributed by atoms with Crippen molar-refractivity contribution in [2.45, 2.75) is 232 Å². The highest BCUT2D eigenvalue weighted by atomic mass is 16.5. The number of unbranched alkanes of at least 4 members (excludes halogenated alkanes) is 22. The molecular formula is C59H97NO5. The number of carbonyl (C=O) groups excluding carboxylic acids is 2. The van der Waals surface area contributed by atoms with Crippen LogP contribution in [0.1, 0.15) is 213 Å². The van der Waals surface area contributed by atoms with E-state index in [4.69, 9.17) is 4.74 Å². The molecule has 0 aromatic carbocycles. The van der Waals surface area contributed by atoms with Crippen LogP contribution < -0.4 is 5.32 Å². The number of aliphatic hydroxyl groups excluding tert-OH is 2. The Balaban J connectivity index is 4.66. The second-order valence-corrected chi connectivity index (χ2v) is 17.4. The third kappa shape index (κ3) is 46.6. The maximum absolute atomic E-state index is 13.2. The van der Waals surface area contributed by atoms with Crippen LogP contribution in [0, 0.1) is 0 Å². The van der Waals surface area contributed by atoms with E-state index in [-0.39, 0.29) is 24.9 Å². The van der Waals surface area contributed by atoms with Gasteiger partial charge >= 0.3 is 5.97 Å². The Bertz CT molecular complexity index is 1380. The number of carbonyl (C=O) groups is 2. The number of allylic oxidation sites excluding steroid dienone is 19. The molecule has 6 heteroatoms. The molecule has 0 fully saturated rings. The third-order valence-corrected chi connectivity index (χ3v) is 11.3. The number of ether oxygens (including phenoxy) is 1. The topological polar surface area (TPSA) is 95.9 Å². The smallest absolute Gasteiger partial charge is 0.306 e. The fourth-order valence-electron chi connectivity index (χ4n) is 7.30. The molecule has 0 aliphatic heterocycles. The van der Waals surface area contributed by atoms with E-state index < -0.39 is 18.2 Å². The van der Waals surface area contributed by atoms with Crippen molar-refractivity contribution in [2.75, 3.05) is 6.61 Å². The van der Waals surface area contributed by atoms with Gasteiger partial charge in [-0.15, -0.1) is 0 Å². The van der Waals surface area contributed by atoms with Crippen LogP contribution in [0.5, 0.6) is 0 Å². The minimum absolute atomic E-state index is 0.0368. The van der Waals surface area contributed by atoms with E-state index in [1.807, 2.05) is 85.1 Å².